The van der Waals surface area contributed by atoms with E-state index < -0.39 is 0 Å². The van der Waals surface area contributed by atoms with Crippen molar-refractivity contribution in [1.29, 1.82) is 0 Å². The highest BCUT2D eigenvalue weighted by molar-refractivity contribution is 7.31. The topological polar surface area (TPSA) is 38.7 Å². The van der Waals surface area contributed by atoms with Crippen LogP contribution in [0.5, 0.6) is 0 Å². The van der Waals surface area contributed by atoms with E-state index in [0.717, 1.165) is 75.5 Å². The van der Waals surface area contributed by atoms with Crippen molar-refractivity contribution < 1.29 is 0 Å². The molecular weight excluding hydrogens is 1520 g/mol. The lowest BCUT2D eigenvalue weighted by molar-refractivity contribution is 0.667. The first-order chi connectivity index (χ1) is 52.3. The third-order valence-electron chi connectivity index (χ3n) is 20.3. The van der Waals surface area contributed by atoms with Gasteiger partial charge in [-0.15, -0.1) is 136 Å². The van der Waals surface area contributed by atoms with Crippen LogP contribution in [0.4, 0.5) is 0 Å². The molecule has 0 N–H and O–H groups in total. The second-order valence-electron chi connectivity index (χ2n) is 28.5. The number of hydrogen-bond acceptors (Lipinski definition) is 15. The molecule has 14 heterocycles. The number of rotatable bonds is 42. The standard InChI is InChI=1S/C91H101N3S12/c1-7-13-19-25-33-60-55-79(103-90(60)81-57-62(35-27-21-15-9-3)88(105-81)77-51-49-73(101-77)71-47-45-69(99-71)67-43-41-64(97-67)37-29-23-17-11-5)66-59-92-84(87-83(66)93-85(75-39-31-53-95-75)86(94-87)76-40-32-54-96-76)80-56-61(34-26-20-14-8-2)91(104-80)82-58-63(36-28-22-16-10-4)89(106-82)78-52-50-74(102-78)72-48-46-70(100-72)68-44-42-65(98-68)38-30-24-18-12-6/h31-32,39-59H,7-30,33-38H2,1-6H3. The van der Waals surface area contributed by atoms with Crippen molar-refractivity contribution in [3.63, 3.8) is 0 Å². The minimum absolute atomic E-state index is 0.885. The fraction of sp³-hybridized carbons (Fsp3) is 0.396. The second-order valence-corrected chi connectivity index (χ2v) is 41.3. The van der Waals surface area contributed by atoms with Crippen molar-refractivity contribution in [2.75, 3.05) is 0 Å². The van der Waals surface area contributed by atoms with Gasteiger partial charge in [0.1, 0.15) is 28.1 Å². The summed E-state index contributed by atoms with van der Waals surface area (Å²) in [6, 6.07) is 47.6. The van der Waals surface area contributed by atoms with Gasteiger partial charge in [-0.25, -0.2) is 9.97 Å². The molecule has 0 aliphatic carbocycles. The van der Waals surface area contributed by atoms with Gasteiger partial charge < -0.3 is 0 Å². The molecule has 0 atom stereocenters. The second kappa shape index (κ2) is 38.7. The number of unbranched alkanes of at least 4 members (excludes halogenated alkanes) is 18. The van der Waals surface area contributed by atoms with E-state index in [9.17, 15) is 0 Å². The molecule has 3 nitrogen and oxygen atoms in total. The van der Waals surface area contributed by atoms with E-state index in [-0.39, 0.29) is 0 Å². The molecule has 14 aromatic rings. The Balaban J connectivity index is 0.845. The molecule has 0 radical (unpaired) electrons. The average Bonchev–Trinajstić information content (AvgIpc) is 1.51. The van der Waals surface area contributed by atoms with Gasteiger partial charge in [0.05, 0.1) is 14.6 Å². The maximum atomic E-state index is 5.94. The summed E-state index contributed by atoms with van der Waals surface area (Å²) in [5.74, 6) is 0. The summed E-state index contributed by atoms with van der Waals surface area (Å²) in [5, 5.41) is 4.36. The lowest BCUT2D eigenvalue weighted by Crippen LogP contribution is -1.98. The van der Waals surface area contributed by atoms with E-state index >= 15 is 0 Å². The first kappa shape index (κ1) is 77.6. The molecule has 14 aromatic heterocycles. The molecule has 0 saturated heterocycles. The maximum Gasteiger partial charge on any atom is 0.117 e. The fourth-order valence-corrected chi connectivity index (χ4v) is 27.8. The van der Waals surface area contributed by atoms with Crippen LogP contribution < -0.4 is 0 Å². The zero-order valence-corrected chi connectivity index (χ0v) is 72.5. The van der Waals surface area contributed by atoms with Crippen LogP contribution in [0.3, 0.4) is 0 Å². The number of nitrogens with zero attached hydrogens (tertiary/aromatic N) is 3. The lowest BCUT2D eigenvalue weighted by Gasteiger charge is -2.12. The molecule has 0 amide bonds. The predicted molar refractivity (Wildman–Crippen MR) is 484 cm³/mol. The summed E-state index contributed by atoms with van der Waals surface area (Å²) in [6.07, 6.45) is 39.0. The number of aromatic nitrogens is 3. The molecule has 0 spiro atoms. The van der Waals surface area contributed by atoms with Gasteiger partial charge in [-0.2, -0.15) is 0 Å². The predicted octanol–water partition coefficient (Wildman–Crippen LogP) is 34.5. The first-order valence-electron chi connectivity index (χ1n) is 39.7. The molecule has 0 aliphatic rings. The summed E-state index contributed by atoms with van der Waals surface area (Å²) in [7, 11) is 0. The van der Waals surface area contributed by atoms with Crippen LogP contribution in [0.2, 0.25) is 0 Å². The Hall–Kier alpha value is -5.11. The molecule has 0 unspecified atom stereocenters. The van der Waals surface area contributed by atoms with Crippen LogP contribution in [-0.2, 0) is 38.5 Å². The van der Waals surface area contributed by atoms with Crippen molar-refractivity contribution in [3.8, 4) is 120 Å². The Labute approximate surface area is 679 Å². The van der Waals surface area contributed by atoms with Crippen LogP contribution in [0.1, 0.15) is 228 Å². The van der Waals surface area contributed by atoms with Gasteiger partial charge in [0.2, 0.25) is 0 Å². The molecule has 0 bridgehead atoms. The SMILES string of the molecule is CCCCCCc1ccc(-c2ccc(-c3ccc(-c4sc(-c5sc(-c6cnc(-c7cc(CCCCCC)c(-c8cc(CCCCCC)c(-c9ccc(-c%10ccc(-c%11ccc(CCCCCC)s%11)s%10)s9)s8)s7)c7nc(-c8cccs8)c(-c8cccs8)nc67)cc5CCCCCC)cc4CCCCCC)s3)s2)s1. The Morgan fingerprint density at radius 3 is 0.943 bits per heavy atom. The monoisotopic (exact) mass is 1620 g/mol. The van der Waals surface area contributed by atoms with Gasteiger partial charge in [-0.05, 0) is 219 Å². The number of pyridine rings is 1. The smallest absolute Gasteiger partial charge is 0.117 e. The zero-order valence-electron chi connectivity index (χ0n) is 62.7. The van der Waals surface area contributed by atoms with Crippen LogP contribution in [0, 0.1) is 0 Å². The van der Waals surface area contributed by atoms with Gasteiger partial charge in [-0.1, -0.05) is 169 Å². The molecule has 15 heteroatoms. The summed E-state index contributed by atoms with van der Waals surface area (Å²) < 4.78 is 0. The average molecular weight is 1620 g/mol. The first-order valence-corrected chi connectivity index (χ1v) is 49.6. The van der Waals surface area contributed by atoms with E-state index in [4.69, 9.17) is 15.0 Å². The number of fused-ring (bicyclic) bond motifs is 1. The third-order valence-corrected chi connectivity index (χ3v) is 34.9. The number of hydrogen-bond donors (Lipinski definition) is 0. The summed E-state index contributed by atoms with van der Waals surface area (Å²) in [5.41, 5.74) is 11.6. The minimum atomic E-state index is 0.885. The fourth-order valence-electron chi connectivity index (χ4n) is 14.4. The zero-order chi connectivity index (χ0) is 72.6. The van der Waals surface area contributed by atoms with Gasteiger partial charge >= 0.3 is 0 Å². The van der Waals surface area contributed by atoms with E-state index in [1.54, 1.807) is 22.7 Å². The summed E-state index contributed by atoms with van der Waals surface area (Å²) in [6.45, 7) is 13.9. The van der Waals surface area contributed by atoms with Crippen molar-refractivity contribution in [2.45, 2.75) is 234 Å². The molecule has 0 fully saturated rings. The van der Waals surface area contributed by atoms with Crippen LogP contribution in [-0.4, -0.2) is 15.0 Å². The van der Waals surface area contributed by atoms with Gasteiger partial charge in [-0.3, -0.25) is 4.98 Å². The molecule has 552 valence electrons. The molecule has 0 aromatic carbocycles. The molecular formula is C91H101N3S12. The Kier molecular flexibility index (Phi) is 28.3. The number of aryl methyl sites for hydroxylation is 6. The highest BCUT2D eigenvalue weighted by Crippen LogP contribution is 2.53. The van der Waals surface area contributed by atoms with Crippen LogP contribution in [0.15, 0.2) is 138 Å². The van der Waals surface area contributed by atoms with Gasteiger partial charge in [0.15, 0.2) is 0 Å². The van der Waals surface area contributed by atoms with Crippen molar-refractivity contribution in [1.82, 2.24) is 15.0 Å². The van der Waals surface area contributed by atoms with Crippen molar-refractivity contribution >= 4 is 147 Å². The summed E-state index contributed by atoms with van der Waals surface area (Å²) >= 11 is 23.3. The highest BCUT2D eigenvalue weighted by Gasteiger charge is 2.28. The van der Waals surface area contributed by atoms with Crippen molar-refractivity contribution in [2.24, 2.45) is 0 Å². The minimum Gasteiger partial charge on any atom is -0.252 e. The van der Waals surface area contributed by atoms with E-state index in [2.05, 4.69) is 180 Å². The Bertz CT molecular complexity index is 4720. The van der Waals surface area contributed by atoms with Crippen LogP contribution in [0.25, 0.3) is 131 Å². The molecule has 106 heavy (non-hydrogen) atoms. The third kappa shape index (κ3) is 18.9. The molecule has 0 saturated carbocycles. The number of thiophene rings is 12. The Morgan fingerprint density at radius 1 is 0.245 bits per heavy atom. The summed E-state index contributed by atoms with van der Waals surface area (Å²) in [4.78, 5) is 47.6. The highest BCUT2D eigenvalue weighted by atomic mass is 32.1. The largest absolute Gasteiger partial charge is 0.252 e. The Morgan fingerprint density at radius 2 is 0.557 bits per heavy atom. The lowest BCUT2D eigenvalue weighted by atomic mass is 10.0. The van der Waals surface area contributed by atoms with Crippen LogP contribution >= 0.6 is 136 Å². The normalized spacial score (nSPS) is 11.9. The van der Waals surface area contributed by atoms with E-state index in [1.165, 1.54) is 280 Å². The molecule has 14 rings (SSSR count). The van der Waals surface area contributed by atoms with E-state index in [0.29, 0.717) is 0 Å². The molecule has 0 aliphatic heterocycles. The van der Waals surface area contributed by atoms with Gasteiger partial charge in [0, 0.05) is 104 Å². The van der Waals surface area contributed by atoms with Crippen molar-refractivity contribution in [3.05, 3.63) is 170 Å². The quantitative estimate of drug-likeness (QED) is 0.0358. The maximum absolute atomic E-state index is 5.94. The van der Waals surface area contributed by atoms with Gasteiger partial charge in [0.25, 0.3) is 0 Å². The van der Waals surface area contributed by atoms with E-state index in [1.807, 2.05) is 113 Å².